The van der Waals surface area contributed by atoms with Crippen molar-refractivity contribution in [2.24, 2.45) is 0 Å². The number of hydrogen-bond donors (Lipinski definition) is 0. The van der Waals surface area contributed by atoms with Gasteiger partial charge in [0.25, 0.3) is 5.79 Å². The molecule has 1 aliphatic carbocycles. The predicted octanol–water partition coefficient (Wildman–Crippen LogP) is 6.48. The van der Waals surface area contributed by atoms with E-state index in [1.165, 1.54) is 6.08 Å². The van der Waals surface area contributed by atoms with Crippen LogP contribution in [0.3, 0.4) is 0 Å². The van der Waals surface area contributed by atoms with Crippen LogP contribution >= 0.6 is 39.1 Å². The first-order valence-electron chi connectivity index (χ1n) is 9.90. The molecule has 2 aliphatic rings. The number of esters is 2. The Morgan fingerprint density at radius 3 is 2.35 bits per heavy atom. The maximum absolute atomic E-state index is 12.5. The highest BCUT2D eigenvalue weighted by Crippen LogP contribution is 2.37. The van der Waals surface area contributed by atoms with Crippen molar-refractivity contribution in [2.75, 3.05) is 0 Å². The lowest BCUT2D eigenvalue weighted by Gasteiger charge is -2.38. The number of halogens is 3. The van der Waals surface area contributed by atoms with E-state index in [2.05, 4.69) is 15.9 Å². The minimum atomic E-state index is -1.09. The minimum absolute atomic E-state index is 0.121. The van der Waals surface area contributed by atoms with Crippen LogP contribution in [0.15, 0.2) is 46.4 Å². The van der Waals surface area contributed by atoms with Crippen molar-refractivity contribution in [3.05, 3.63) is 67.6 Å². The fourth-order valence-electron chi connectivity index (χ4n) is 3.65. The Labute approximate surface area is 198 Å². The highest BCUT2D eigenvalue weighted by Gasteiger charge is 2.46. The first-order valence-corrected chi connectivity index (χ1v) is 11.4. The van der Waals surface area contributed by atoms with Gasteiger partial charge in [-0.2, -0.15) is 0 Å². The molecule has 0 unspecified atom stereocenters. The minimum Gasteiger partial charge on any atom is -0.488 e. The van der Waals surface area contributed by atoms with Gasteiger partial charge in [-0.05, 0) is 64.7 Å². The summed E-state index contributed by atoms with van der Waals surface area (Å²) in [6.45, 7) is 0.260. The van der Waals surface area contributed by atoms with Gasteiger partial charge in [0, 0.05) is 28.5 Å². The Hall–Kier alpha value is -2.02. The average Bonchev–Trinajstić information content (AvgIpc) is 2.72. The van der Waals surface area contributed by atoms with Gasteiger partial charge in [-0.15, -0.1) is 0 Å². The Morgan fingerprint density at radius 2 is 1.71 bits per heavy atom. The van der Waals surface area contributed by atoms with E-state index < -0.39 is 17.7 Å². The predicted molar refractivity (Wildman–Crippen MR) is 121 cm³/mol. The molecule has 2 aromatic carbocycles. The van der Waals surface area contributed by atoms with Gasteiger partial charge in [0.05, 0.1) is 4.47 Å². The van der Waals surface area contributed by atoms with Gasteiger partial charge in [0.1, 0.15) is 17.9 Å². The van der Waals surface area contributed by atoms with Gasteiger partial charge in [0.15, 0.2) is 0 Å². The van der Waals surface area contributed by atoms with Crippen molar-refractivity contribution in [2.45, 2.75) is 44.5 Å². The van der Waals surface area contributed by atoms with Crippen LogP contribution in [0.5, 0.6) is 5.75 Å². The first-order chi connectivity index (χ1) is 14.8. The summed E-state index contributed by atoms with van der Waals surface area (Å²) in [7, 11) is 0. The summed E-state index contributed by atoms with van der Waals surface area (Å²) in [5.74, 6) is -1.80. The normalized spacial score (nSPS) is 17.8. The van der Waals surface area contributed by atoms with Crippen LogP contribution < -0.4 is 4.74 Å². The molecule has 4 rings (SSSR count). The topological polar surface area (TPSA) is 61.8 Å². The smallest absolute Gasteiger partial charge is 0.348 e. The van der Waals surface area contributed by atoms with Gasteiger partial charge >= 0.3 is 11.9 Å². The molecule has 1 saturated carbocycles. The molecule has 1 spiro atoms. The van der Waals surface area contributed by atoms with E-state index in [-0.39, 0.29) is 12.2 Å². The first kappa shape index (κ1) is 22.2. The fourth-order valence-corrected chi connectivity index (χ4v) is 4.62. The van der Waals surface area contributed by atoms with E-state index in [9.17, 15) is 9.59 Å². The third-order valence-electron chi connectivity index (χ3n) is 5.28. The average molecular weight is 526 g/mol. The van der Waals surface area contributed by atoms with Crippen LogP contribution in [-0.2, 0) is 25.7 Å². The molecular formula is C23H19BrCl2O5. The molecule has 0 amide bonds. The van der Waals surface area contributed by atoms with Crippen molar-refractivity contribution >= 4 is 57.1 Å². The molecule has 1 heterocycles. The number of rotatable bonds is 4. The van der Waals surface area contributed by atoms with Crippen molar-refractivity contribution < 1.29 is 23.8 Å². The molecule has 2 aromatic rings. The highest BCUT2D eigenvalue weighted by atomic mass is 79.9. The maximum atomic E-state index is 12.5. The summed E-state index contributed by atoms with van der Waals surface area (Å²) in [4.78, 5) is 25.0. The second-order valence-corrected chi connectivity index (χ2v) is 9.22. The molecule has 0 atom stereocenters. The van der Waals surface area contributed by atoms with E-state index in [4.69, 9.17) is 37.4 Å². The fraction of sp³-hybridized carbons (Fsp3) is 0.304. The largest absolute Gasteiger partial charge is 0.488 e. The van der Waals surface area contributed by atoms with Crippen LogP contribution in [0.1, 0.15) is 43.2 Å². The Bertz CT molecular complexity index is 1040. The van der Waals surface area contributed by atoms with Crippen LogP contribution in [0, 0.1) is 0 Å². The summed E-state index contributed by atoms with van der Waals surface area (Å²) in [6.07, 6.45) is 5.35. The van der Waals surface area contributed by atoms with Crippen LogP contribution in [-0.4, -0.2) is 17.7 Å². The molecule has 31 heavy (non-hydrogen) atoms. The summed E-state index contributed by atoms with van der Waals surface area (Å²) >= 11 is 15.6. The second-order valence-electron chi connectivity index (χ2n) is 7.52. The van der Waals surface area contributed by atoms with E-state index in [0.29, 0.717) is 38.7 Å². The molecule has 2 fully saturated rings. The van der Waals surface area contributed by atoms with Crippen LogP contribution in [0.4, 0.5) is 0 Å². The Balaban J connectivity index is 1.47. The second kappa shape index (κ2) is 9.23. The Morgan fingerprint density at radius 1 is 1.00 bits per heavy atom. The molecular weight excluding hydrogens is 507 g/mol. The monoisotopic (exact) mass is 524 g/mol. The molecule has 162 valence electrons. The Kier molecular flexibility index (Phi) is 6.60. The summed E-state index contributed by atoms with van der Waals surface area (Å²) in [5.41, 5.74) is 1.31. The van der Waals surface area contributed by atoms with Crippen molar-refractivity contribution in [1.29, 1.82) is 0 Å². The molecule has 1 saturated heterocycles. The molecule has 0 bridgehead atoms. The molecule has 0 aromatic heterocycles. The molecule has 5 nitrogen and oxygen atoms in total. The summed E-state index contributed by atoms with van der Waals surface area (Å²) in [6, 6.07) is 10.4. The molecule has 0 N–H and O–H groups in total. The van der Waals surface area contributed by atoms with Gasteiger partial charge in [-0.1, -0.05) is 41.8 Å². The molecule has 8 heteroatoms. The third kappa shape index (κ3) is 5.08. The number of ether oxygens (including phenoxy) is 3. The molecule has 1 aliphatic heterocycles. The number of carbonyl (C=O) groups excluding carboxylic acids is 2. The van der Waals surface area contributed by atoms with Crippen molar-refractivity contribution in [3.8, 4) is 5.75 Å². The zero-order valence-corrected chi connectivity index (χ0v) is 19.6. The van der Waals surface area contributed by atoms with Gasteiger partial charge in [0.2, 0.25) is 0 Å². The van der Waals surface area contributed by atoms with E-state index >= 15 is 0 Å². The zero-order chi connectivity index (χ0) is 22.0. The van der Waals surface area contributed by atoms with Gasteiger partial charge in [-0.25, -0.2) is 9.59 Å². The van der Waals surface area contributed by atoms with E-state index in [0.717, 1.165) is 24.8 Å². The lowest BCUT2D eigenvalue weighted by atomic mass is 9.93. The van der Waals surface area contributed by atoms with Crippen LogP contribution in [0.25, 0.3) is 6.08 Å². The lowest BCUT2D eigenvalue weighted by molar-refractivity contribution is -0.244. The lowest BCUT2D eigenvalue weighted by Crippen LogP contribution is -2.47. The zero-order valence-electron chi connectivity index (χ0n) is 16.5. The third-order valence-corrected chi connectivity index (χ3v) is 6.48. The highest BCUT2D eigenvalue weighted by molar-refractivity contribution is 9.10. The number of hydrogen-bond acceptors (Lipinski definition) is 5. The van der Waals surface area contributed by atoms with Crippen LogP contribution in [0.2, 0.25) is 10.0 Å². The van der Waals surface area contributed by atoms with Crippen molar-refractivity contribution in [3.63, 3.8) is 0 Å². The summed E-state index contributed by atoms with van der Waals surface area (Å²) < 4.78 is 17.5. The maximum Gasteiger partial charge on any atom is 0.348 e. The quantitative estimate of drug-likeness (QED) is 0.260. The van der Waals surface area contributed by atoms with Crippen molar-refractivity contribution in [1.82, 2.24) is 0 Å². The summed E-state index contributed by atoms with van der Waals surface area (Å²) in [5, 5.41) is 1.08. The van der Waals surface area contributed by atoms with Gasteiger partial charge in [-0.3, -0.25) is 0 Å². The SMILES string of the molecule is O=C1OC2(CCCCC2)OC(=O)C1=Cc1ccc(OCc2ccc(Cl)cc2Cl)c(Br)c1. The standard InChI is InChI=1S/C23H19BrCl2O5/c24-18-11-14(4-7-20(18)29-13-15-5-6-16(25)12-19(15)26)10-17-21(27)30-23(31-22(17)28)8-2-1-3-9-23/h4-7,10-12H,1-3,8-9,13H2. The number of carbonyl (C=O) groups is 2. The van der Waals surface area contributed by atoms with E-state index in [1.807, 2.05) is 0 Å². The van der Waals surface area contributed by atoms with E-state index in [1.54, 1.807) is 36.4 Å². The number of benzene rings is 2. The molecule has 0 radical (unpaired) electrons. The van der Waals surface area contributed by atoms with Gasteiger partial charge < -0.3 is 14.2 Å².